The van der Waals surface area contributed by atoms with Gasteiger partial charge >= 0.3 is 0 Å². The Kier molecular flexibility index (Phi) is 6.07. The first kappa shape index (κ1) is 15.1. The summed E-state index contributed by atoms with van der Waals surface area (Å²) in [6.07, 6.45) is 4.97. The van der Waals surface area contributed by atoms with Gasteiger partial charge in [0.2, 0.25) is 0 Å². The summed E-state index contributed by atoms with van der Waals surface area (Å²) in [6.45, 7) is 8.25. The highest BCUT2D eigenvalue weighted by Crippen LogP contribution is 2.16. The molecular weight excluding hydrogens is 242 g/mol. The summed E-state index contributed by atoms with van der Waals surface area (Å²) >= 11 is 0. The van der Waals surface area contributed by atoms with E-state index in [4.69, 9.17) is 0 Å². The Morgan fingerprint density at radius 2 is 1.50 bits per heavy atom. The van der Waals surface area contributed by atoms with E-state index in [2.05, 4.69) is 61.2 Å². The van der Waals surface area contributed by atoms with Gasteiger partial charge < -0.3 is 4.90 Å². The Bertz CT molecular complexity index is 512. The molecule has 1 nitrogen and oxygen atoms in total. The molecule has 108 valence electrons. The summed E-state index contributed by atoms with van der Waals surface area (Å²) < 4.78 is 0. The molecule has 0 fully saturated rings. The summed E-state index contributed by atoms with van der Waals surface area (Å²) in [5.74, 6) is 0. The van der Waals surface area contributed by atoms with Crippen LogP contribution in [0.2, 0.25) is 0 Å². The second-order valence-electron chi connectivity index (χ2n) is 5.63. The van der Waals surface area contributed by atoms with E-state index >= 15 is 0 Å². The third-order valence-electron chi connectivity index (χ3n) is 3.83. The largest absolute Gasteiger partial charge is 0.303 e. The van der Waals surface area contributed by atoms with Gasteiger partial charge in [0.1, 0.15) is 0 Å². The van der Waals surface area contributed by atoms with Gasteiger partial charge in [-0.2, -0.15) is 0 Å². The van der Waals surface area contributed by atoms with Gasteiger partial charge in [0.05, 0.1) is 0 Å². The molecule has 0 saturated carbocycles. The van der Waals surface area contributed by atoms with Crippen LogP contribution in [0, 0.1) is 0 Å². The van der Waals surface area contributed by atoms with E-state index in [0.29, 0.717) is 0 Å². The lowest BCUT2D eigenvalue weighted by molar-refractivity contribution is 0.271. The fourth-order valence-corrected chi connectivity index (χ4v) is 2.87. The zero-order chi connectivity index (χ0) is 14.2. The Hall–Kier alpha value is -1.34. The molecular formula is C19H27N. The van der Waals surface area contributed by atoms with Crippen LogP contribution < -0.4 is 0 Å². The Labute approximate surface area is 123 Å². The van der Waals surface area contributed by atoms with Crippen molar-refractivity contribution in [3.63, 3.8) is 0 Å². The van der Waals surface area contributed by atoms with Gasteiger partial charge in [0.15, 0.2) is 0 Å². The summed E-state index contributed by atoms with van der Waals surface area (Å²) in [7, 11) is 0. The van der Waals surface area contributed by atoms with Crippen molar-refractivity contribution in [3.05, 3.63) is 48.0 Å². The van der Waals surface area contributed by atoms with E-state index in [0.717, 1.165) is 0 Å². The van der Waals surface area contributed by atoms with Crippen LogP contribution in [0.3, 0.4) is 0 Å². The van der Waals surface area contributed by atoms with Crippen molar-refractivity contribution in [2.75, 3.05) is 19.6 Å². The highest BCUT2D eigenvalue weighted by molar-refractivity contribution is 5.82. The molecule has 1 heteroatoms. The molecule has 0 atom stereocenters. The van der Waals surface area contributed by atoms with Gasteiger partial charge in [-0.3, -0.25) is 0 Å². The molecule has 0 aliphatic heterocycles. The van der Waals surface area contributed by atoms with Crippen LogP contribution >= 0.6 is 0 Å². The first-order chi connectivity index (χ1) is 9.83. The first-order valence-electron chi connectivity index (χ1n) is 8.03. The molecule has 0 aliphatic rings. The van der Waals surface area contributed by atoms with Gasteiger partial charge in [0, 0.05) is 0 Å². The minimum absolute atomic E-state index is 1.19. The maximum Gasteiger partial charge on any atom is -0.00156 e. The van der Waals surface area contributed by atoms with E-state index in [-0.39, 0.29) is 0 Å². The van der Waals surface area contributed by atoms with Crippen molar-refractivity contribution in [3.8, 4) is 0 Å². The number of benzene rings is 2. The maximum absolute atomic E-state index is 2.60. The van der Waals surface area contributed by atoms with Crippen LogP contribution in [0.4, 0.5) is 0 Å². The first-order valence-corrected chi connectivity index (χ1v) is 8.03. The lowest BCUT2D eigenvalue weighted by Gasteiger charge is -2.20. The molecule has 0 unspecified atom stereocenters. The normalized spacial score (nSPS) is 11.3. The number of rotatable bonds is 8. The number of hydrogen-bond donors (Lipinski definition) is 0. The van der Waals surface area contributed by atoms with Crippen LogP contribution in [-0.2, 0) is 6.42 Å². The molecule has 0 bridgehead atoms. The number of hydrogen-bond acceptors (Lipinski definition) is 1. The molecule has 0 heterocycles. The van der Waals surface area contributed by atoms with Crippen molar-refractivity contribution < 1.29 is 0 Å². The van der Waals surface area contributed by atoms with Gasteiger partial charge in [-0.05, 0) is 61.7 Å². The van der Waals surface area contributed by atoms with Crippen molar-refractivity contribution in [1.82, 2.24) is 4.90 Å². The van der Waals surface area contributed by atoms with E-state index < -0.39 is 0 Å². The highest BCUT2D eigenvalue weighted by Gasteiger charge is 2.03. The molecule has 0 aliphatic carbocycles. The van der Waals surface area contributed by atoms with Gasteiger partial charge in [-0.1, -0.05) is 56.3 Å². The predicted octanol–water partition coefficient (Wildman–Crippen LogP) is 4.89. The summed E-state index contributed by atoms with van der Waals surface area (Å²) in [4.78, 5) is 2.60. The van der Waals surface area contributed by atoms with Crippen LogP contribution in [0.25, 0.3) is 10.8 Å². The monoisotopic (exact) mass is 269 g/mol. The summed E-state index contributed by atoms with van der Waals surface area (Å²) in [5, 5.41) is 2.71. The highest BCUT2D eigenvalue weighted by atomic mass is 15.1. The maximum atomic E-state index is 2.60. The molecule has 0 aromatic heterocycles. The zero-order valence-electron chi connectivity index (χ0n) is 12.9. The molecule has 2 aromatic carbocycles. The Morgan fingerprint density at radius 3 is 2.20 bits per heavy atom. The average molecular weight is 269 g/mol. The smallest absolute Gasteiger partial charge is 0.00156 e. The fraction of sp³-hybridized carbons (Fsp3) is 0.474. The molecule has 0 radical (unpaired) electrons. The molecule has 2 aromatic rings. The summed E-state index contributed by atoms with van der Waals surface area (Å²) in [6, 6.07) is 15.5. The standard InChI is InChI=1S/C19H27N/c1-3-13-20(14-4-2)15-7-8-17-11-12-18-9-5-6-10-19(18)16-17/h5-6,9-12,16H,3-4,7-8,13-15H2,1-2H3. The van der Waals surface area contributed by atoms with Crippen molar-refractivity contribution in [2.24, 2.45) is 0 Å². The van der Waals surface area contributed by atoms with E-state index in [1.165, 1.54) is 61.7 Å². The minimum atomic E-state index is 1.19. The van der Waals surface area contributed by atoms with Crippen LogP contribution in [-0.4, -0.2) is 24.5 Å². The van der Waals surface area contributed by atoms with Gasteiger partial charge in [-0.15, -0.1) is 0 Å². The number of aryl methyl sites for hydroxylation is 1. The van der Waals surface area contributed by atoms with E-state index in [1.807, 2.05) is 0 Å². The Balaban J connectivity index is 1.88. The van der Waals surface area contributed by atoms with Crippen LogP contribution in [0.5, 0.6) is 0 Å². The molecule has 0 saturated heterocycles. The van der Waals surface area contributed by atoms with Crippen molar-refractivity contribution in [2.45, 2.75) is 39.5 Å². The number of nitrogens with zero attached hydrogens (tertiary/aromatic N) is 1. The molecule has 2 rings (SSSR count). The second-order valence-corrected chi connectivity index (χ2v) is 5.63. The molecule has 0 N–H and O–H groups in total. The SMILES string of the molecule is CCCN(CCC)CCCc1ccc2ccccc2c1. The Morgan fingerprint density at radius 1 is 0.800 bits per heavy atom. The van der Waals surface area contributed by atoms with E-state index in [1.54, 1.807) is 0 Å². The quantitative estimate of drug-likeness (QED) is 0.659. The zero-order valence-corrected chi connectivity index (χ0v) is 12.9. The predicted molar refractivity (Wildman–Crippen MR) is 89.3 cm³/mol. The lowest BCUT2D eigenvalue weighted by Crippen LogP contribution is -2.26. The molecule has 0 amide bonds. The fourth-order valence-electron chi connectivity index (χ4n) is 2.87. The van der Waals surface area contributed by atoms with Gasteiger partial charge in [0.25, 0.3) is 0 Å². The van der Waals surface area contributed by atoms with Crippen LogP contribution in [0.1, 0.15) is 38.7 Å². The number of fused-ring (bicyclic) bond motifs is 1. The van der Waals surface area contributed by atoms with E-state index in [9.17, 15) is 0 Å². The van der Waals surface area contributed by atoms with Gasteiger partial charge in [-0.25, -0.2) is 0 Å². The molecule has 0 spiro atoms. The van der Waals surface area contributed by atoms with Crippen LogP contribution in [0.15, 0.2) is 42.5 Å². The van der Waals surface area contributed by atoms with Crippen molar-refractivity contribution >= 4 is 10.8 Å². The third kappa shape index (κ3) is 4.35. The topological polar surface area (TPSA) is 3.24 Å². The summed E-state index contributed by atoms with van der Waals surface area (Å²) in [5.41, 5.74) is 1.47. The minimum Gasteiger partial charge on any atom is -0.303 e. The van der Waals surface area contributed by atoms with Crippen molar-refractivity contribution in [1.29, 1.82) is 0 Å². The second kappa shape index (κ2) is 8.06. The molecule has 20 heavy (non-hydrogen) atoms. The lowest BCUT2D eigenvalue weighted by atomic mass is 10.0. The average Bonchev–Trinajstić information content (AvgIpc) is 2.47. The third-order valence-corrected chi connectivity index (χ3v) is 3.83.